The van der Waals surface area contributed by atoms with E-state index in [0.717, 1.165) is 35.3 Å². The summed E-state index contributed by atoms with van der Waals surface area (Å²) in [4.78, 5) is 26.2. The number of thioether (sulfide) groups is 1. The van der Waals surface area contributed by atoms with Crippen LogP contribution in [0.3, 0.4) is 0 Å². The van der Waals surface area contributed by atoms with Gasteiger partial charge in [0.25, 0.3) is 0 Å². The minimum atomic E-state index is -0.252. The fraction of sp³-hybridized carbons (Fsp3) is 0.364. The molecule has 0 radical (unpaired) electrons. The van der Waals surface area contributed by atoms with Crippen LogP contribution in [-0.4, -0.2) is 24.1 Å². The topological polar surface area (TPSA) is 49.4 Å². The summed E-state index contributed by atoms with van der Waals surface area (Å²) in [6, 6.07) is 12.4. The maximum Gasteiger partial charge on any atom is 0.230 e. The van der Waals surface area contributed by atoms with E-state index in [1.807, 2.05) is 30.9 Å². The van der Waals surface area contributed by atoms with E-state index >= 15 is 0 Å². The van der Waals surface area contributed by atoms with Gasteiger partial charge in [-0.15, -0.1) is 11.8 Å². The standard InChI is InChI=1S/C22H25FN2O2S/c1-15(2)22(27)25-10-9-18-11-17(5-8-20(18)25)12-24-21(26)14-28-13-16-3-6-19(23)7-4-16/h3-8,11,15H,9-10,12-14H2,1-2H3,(H,24,26). The minimum absolute atomic E-state index is 0.0164. The lowest BCUT2D eigenvalue weighted by Crippen LogP contribution is -2.32. The molecule has 148 valence electrons. The number of halogens is 1. The molecule has 28 heavy (non-hydrogen) atoms. The van der Waals surface area contributed by atoms with Crippen molar-refractivity contribution < 1.29 is 14.0 Å². The molecule has 0 aromatic heterocycles. The first-order chi connectivity index (χ1) is 13.4. The third-order valence-electron chi connectivity index (χ3n) is 4.70. The summed E-state index contributed by atoms with van der Waals surface area (Å²) in [6.07, 6.45) is 0.850. The van der Waals surface area contributed by atoms with Crippen LogP contribution in [0.25, 0.3) is 0 Å². The number of carbonyl (C=O) groups is 2. The number of nitrogens with zero attached hydrogens (tertiary/aromatic N) is 1. The zero-order valence-corrected chi connectivity index (χ0v) is 17.0. The molecular weight excluding hydrogens is 375 g/mol. The molecule has 0 unspecified atom stereocenters. The van der Waals surface area contributed by atoms with Crippen molar-refractivity contribution in [3.63, 3.8) is 0 Å². The first-order valence-corrected chi connectivity index (χ1v) is 10.6. The van der Waals surface area contributed by atoms with E-state index in [0.29, 0.717) is 18.1 Å². The summed E-state index contributed by atoms with van der Waals surface area (Å²) in [5.74, 6) is 0.891. The van der Waals surface area contributed by atoms with Crippen LogP contribution in [0.15, 0.2) is 42.5 Å². The molecule has 0 saturated heterocycles. The van der Waals surface area contributed by atoms with Gasteiger partial charge in [-0.3, -0.25) is 9.59 Å². The summed E-state index contributed by atoms with van der Waals surface area (Å²) in [5.41, 5.74) is 4.18. The molecule has 0 aliphatic carbocycles. The van der Waals surface area contributed by atoms with Gasteiger partial charge in [-0.1, -0.05) is 38.1 Å². The van der Waals surface area contributed by atoms with Gasteiger partial charge in [0.1, 0.15) is 5.82 Å². The molecule has 1 heterocycles. The second-order valence-corrected chi connectivity index (χ2v) is 8.24. The number of fused-ring (bicyclic) bond motifs is 1. The number of carbonyl (C=O) groups excluding carboxylic acids is 2. The lowest BCUT2D eigenvalue weighted by molar-refractivity contribution is -0.121. The van der Waals surface area contributed by atoms with Crippen molar-refractivity contribution in [2.45, 2.75) is 32.6 Å². The van der Waals surface area contributed by atoms with Gasteiger partial charge >= 0.3 is 0 Å². The first kappa shape index (κ1) is 20.4. The average molecular weight is 401 g/mol. The zero-order valence-electron chi connectivity index (χ0n) is 16.2. The minimum Gasteiger partial charge on any atom is -0.351 e. The number of hydrogen-bond acceptors (Lipinski definition) is 3. The van der Waals surface area contributed by atoms with Crippen molar-refractivity contribution in [3.8, 4) is 0 Å². The molecule has 2 aromatic carbocycles. The van der Waals surface area contributed by atoms with Gasteiger partial charge < -0.3 is 10.2 Å². The lowest BCUT2D eigenvalue weighted by atomic mass is 10.1. The third kappa shape index (κ3) is 5.13. The number of benzene rings is 2. The number of nitrogens with one attached hydrogen (secondary N) is 1. The number of anilines is 1. The second-order valence-electron chi connectivity index (χ2n) is 7.25. The van der Waals surface area contributed by atoms with E-state index in [9.17, 15) is 14.0 Å². The van der Waals surface area contributed by atoms with E-state index < -0.39 is 0 Å². The van der Waals surface area contributed by atoms with Crippen LogP contribution in [0.1, 0.15) is 30.5 Å². The molecule has 0 atom stereocenters. The van der Waals surface area contributed by atoms with E-state index in [4.69, 9.17) is 0 Å². The van der Waals surface area contributed by atoms with Crippen LogP contribution >= 0.6 is 11.8 Å². The van der Waals surface area contributed by atoms with Crippen LogP contribution in [0.5, 0.6) is 0 Å². The molecule has 0 fully saturated rings. The highest BCUT2D eigenvalue weighted by molar-refractivity contribution is 7.99. The molecule has 0 bridgehead atoms. The average Bonchev–Trinajstić information content (AvgIpc) is 3.10. The Kier molecular flexibility index (Phi) is 6.73. The maximum atomic E-state index is 12.9. The van der Waals surface area contributed by atoms with E-state index in [1.165, 1.54) is 23.9 Å². The van der Waals surface area contributed by atoms with Crippen LogP contribution in [-0.2, 0) is 28.3 Å². The highest BCUT2D eigenvalue weighted by atomic mass is 32.2. The predicted octanol–water partition coefficient (Wildman–Crippen LogP) is 3.92. The second kappa shape index (κ2) is 9.24. The van der Waals surface area contributed by atoms with Gasteiger partial charge in [0, 0.05) is 30.4 Å². The molecule has 1 aliphatic heterocycles. The molecule has 1 aliphatic rings. The SMILES string of the molecule is CC(C)C(=O)N1CCc2cc(CNC(=O)CSCc3ccc(F)cc3)ccc21. The summed E-state index contributed by atoms with van der Waals surface area (Å²) in [5, 5.41) is 2.94. The highest BCUT2D eigenvalue weighted by Crippen LogP contribution is 2.30. The van der Waals surface area contributed by atoms with Crippen molar-refractivity contribution in [2.75, 3.05) is 17.2 Å². The summed E-state index contributed by atoms with van der Waals surface area (Å²) >= 11 is 1.50. The number of rotatable bonds is 7. The molecule has 6 heteroatoms. The van der Waals surface area contributed by atoms with Crippen LogP contribution in [0, 0.1) is 11.7 Å². The van der Waals surface area contributed by atoms with Crippen LogP contribution < -0.4 is 10.2 Å². The Morgan fingerprint density at radius 3 is 2.57 bits per heavy atom. The summed E-state index contributed by atoms with van der Waals surface area (Å²) in [7, 11) is 0. The van der Waals surface area contributed by atoms with Gasteiger partial charge in [-0.2, -0.15) is 0 Å². The first-order valence-electron chi connectivity index (χ1n) is 9.46. The fourth-order valence-electron chi connectivity index (χ4n) is 3.20. The highest BCUT2D eigenvalue weighted by Gasteiger charge is 2.26. The molecular formula is C22H25FN2O2S. The molecule has 2 amide bonds. The Morgan fingerprint density at radius 1 is 1.14 bits per heavy atom. The van der Waals surface area contributed by atoms with Crippen molar-refractivity contribution in [3.05, 3.63) is 65.0 Å². The van der Waals surface area contributed by atoms with Crippen molar-refractivity contribution in [1.82, 2.24) is 5.32 Å². The lowest BCUT2D eigenvalue weighted by Gasteiger charge is -2.19. The number of hydrogen-bond donors (Lipinski definition) is 1. The van der Waals surface area contributed by atoms with Crippen molar-refractivity contribution in [1.29, 1.82) is 0 Å². The van der Waals surface area contributed by atoms with Crippen LogP contribution in [0.4, 0.5) is 10.1 Å². The predicted molar refractivity (Wildman–Crippen MR) is 112 cm³/mol. The number of amides is 2. The van der Waals surface area contributed by atoms with Gasteiger partial charge in [0.2, 0.25) is 11.8 Å². The Bertz CT molecular complexity index is 852. The smallest absolute Gasteiger partial charge is 0.230 e. The molecule has 3 rings (SSSR count). The largest absolute Gasteiger partial charge is 0.351 e. The monoisotopic (exact) mass is 400 g/mol. The molecule has 4 nitrogen and oxygen atoms in total. The quantitative estimate of drug-likeness (QED) is 0.766. The zero-order chi connectivity index (χ0) is 20.1. The third-order valence-corrected chi connectivity index (χ3v) is 5.71. The summed E-state index contributed by atoms with van der Waals surface area (Å²) < 4.78 is 12.9. The fourth-order valence-corrected chi connectivity index (χ4v) is 4.02. The van der Waals surface area contributed by atoms with Crippen molar-refractivity contribution in [2.24, 2.45) is 5.92 Å². The molecule has 2 aromatic rings. The maximum absolute atomic E-state index is 12.9. The van der Waals surface area contributed by atoms with Gasteiger partial charge in [-0.05, 0) is 41.3 Å². The molecule has 0 spiro atoms. The summed E-state index contributed by atoms with van der Waals surface area (Å²) in [6.45, 7) is 5.03. The van der Waals surface area contributed by atoms with E-state index in [2.05, 4.69) is 11.4 Å². The van der Waals surface area contributed by atoms with Crippen LogP contribution in [0.2, 0.25) is 0 Å². The van der Waals surface area contributed by atoms with Gasteiger partial charge in [0.15, 0.2) is 0 Å². The Morgan fingerprint density at radius 2 is 1.86 bits per heavy atom. The normalized spacial score (nSPS) is 12.9. The molecule has 1 N–H and O–H groups in total. The van der Waals surface area contributed by atoms with Gasteiger partial charge in [-0.25, -0.2) is 4.39 Å². The van der Waals surface area contributed by atoms with E-state index in [1.54, 1.807) is 12.1 Å². The Labute approximate surface area is 169 Å². The van der Waals surface area contributed by atoms with E-state index in [-0.39, 0.29) is 23.5 Å². The Balaban J connectivity index is 1.46. The molecule has 0 saturated carbocycles. The van der Waals surface area contributed by atoms with Gasteiger partial charge in [0.05, 0.1) is 5.75 Å². The van der Waals surface area contributed by atoms with Crippen molar-refractivity contribution >= 4 is 29.3 Å². The Hall–Kier alpha value is -2.34.